The van der Waals surface area contributed by atoms with Gasteiger partial charge in [0.25, 0.3) is 0 Å². The molecule has 1 atom stereocenters. The molecule has 0 saturated carbocycles. The maximum atomic E-state index is 9.49. The lowest BCUT2D eigenvalue weighted by Gasteiger charge is -2.27. The Bertz CT molecular complexity index is 144. The molecule has 0 aromatic carbocycles. The molecule has 0 spiro atoms. The van der Waals surface area contributed by atoms with Crippen molar-refractivity contribution in [3.05, 3.63) is 0 Å². The van der Waals surface area contributed by atoms with Crippen molar-refractivity contribution in [1.82, 2.24) is 0 Å². The van der Waals surface area contributed by atoms with E-state index >= 15 is 0 Å². The highest BCUT2D eigenvalue weighted by Crippen LogP contribution is 2.30. The molecule has 1 N–H and O–H groups in total. The van der Waals surface area contributed by atoms with Gasteiger partial charge in [0.15, 0.2) is 0 Å². The van der Waals surface area contributed by atoms with Gasteiger partial charge in [0.1, 0.15) is 0 Å². The van der Waals surface area contributed by atoms with Gasteiger partial charge in [-0.25, -0.2) is 0 Å². The fourth-order valence-corrected chi connectivity index (χ4v) is 2.24. The first-order chi connectivity index (χ1) is 7.68. The summed E-state index contributed by atoms with van der Waals surface area (Å²) in [6.07, 6.45) is 13.0. The second kappa shape index (κ2) is 10.1. The van der Waals surface area contributed by atoms with Crippen LogP contribution in [0.3, 0.4) is 0 Å². The van der Waals surface area contributed by atoms with E-state index < -0.39 is 0 Å². The van der Waals surface area contributed by atoms with Crippen LogP contribution < -0.4 is 0 Å². The topological polar surface area (TPSA) is 20.2 Å². The van der Waals surface area contributed by atoms with Gasteiger partial charge in [-0.1, -0.05) is 72.1 Å². The van der Waals surface area contributed by atoms with Crippen LogP contribution >= 0.6 is 0 Å². The number of unbranched alkanes of at least 4 members (excludes halogenated alkanes) is 6. The SMILES string of the molecule is CCCCCCCC(C)(CO)CCCCC. The van der Waals surface area contributed by atoms with Crippen LogP contribution in [0, 0.1) is 5.41 Å². The molecule has 0 rings (SSSR count). The van der Waals surface area contributed by atoms with E-state index in [1.165, 1.54) is 64.2 Å². The Labute approximate surface area is 103 Å². The average Bonchev–Trinajstić information content (AvgIpc) is 2.29. The Morgan fingerprint density at radius 2 is 1.19 bits per heavy atom. The largest absolute Gasteiger partial charge is 0.396 e. The van der Waals surface area contributed by atoms with E-state index in [9.17, 15) is 5.11 Å². The number of hydrogen-bond donors (Lipinski definition) is 1. The zero-order valence-corrected chi connectivity index (χ0v) is 11.7. The summed E-state index contributed by atoms with van der Waals surface area (Å²) in [7, 11) is 0. The van der Waals surface area contributed by atoms with Gasteiger partial charge in [0, 0.05) is 6.61 Å². The first-order valence-electron chi connectivity index (χ1n) is 7.29. The monoisotopic (exact) mass is 228 g/mol. The fraction of sp³-hybridized carbons (Fsp3) is 1.00. The molecule has 16 heavy (non-hydrogen) atoms. The summed E-state index contributed by atoms with van der Waals surface area (Å²) in [6, 6.07) is 0. The van der Waals surface area contributed by atoms with Crippen LogP contribution in [0.4, 0.5) is 0 Å². The van der Waals surface area contributed by atoms with Crippen molar-refractivity contribution in [2.24, 2.45) is 5.41 Å². The molecule has 0 saturated heterocycles. The van der Waals surface area contributed by atoms with Gasteiger partial charge in [0.2, 0.25) is 0 Å². The lowest BCUT2D eigenvalue weighted by molar-refractivity contribution is 0.116. The van der Waals surface area contributed by atoms with E-state index in [0.29, 0.717) is 6.61 Å². The van der Waals surface area contributed by atoms with Crippen LogP contribution in [0.2, 0.25) is 0 Å². The minimum absolute atomic E-state index is 0.196. The molecule has 0 aliphatic heterocycles. The van der Waals surface area contributed by atoms with Crippen LogP contribution in [0.15, 0.2) is 0 Å². The number of rotatable bonds is 11. The molecule has 0 radical (unpaired) electrons. The Hall–Kier alpha value is -0.0400. The van der Waals surface area contributed by atoms with Gasteiger partial charge < -0.3 is 5.11 Å². The third-order valence-electron chi connectivity index (χ3n) is 3.65. The van der Waals surface area contributed by atoms with E-state index in [2.05, 4.69) is 20.8 Å². The third-order valence-corrected chi connectivity index (χ3v) is 3.65. The Morgan fingerprint density at radius 3 is 1.69 bits per heavy atom. The normalized spacial score (nSPS) is 15.0. The fourth-order valence-electron chi connectivity index (χ4n) is 2.24. The lowest BCUT2D eigenvalue weighted by Crippen LogP contribution is -2.21. The molecule has 0 bridgehead atoms. The highest BCUT2D eigenvalue weighted by atomic mass is 16.3. The first kappa shape index (κ1) is 16.0. The third kappa shape index (κ3) is 8.15. The molecule has 0 amide bonds. The van der Waals surface area contributed by atoms with Crippen molar-refractivity contribution in [3.63, 3.8) is 0 Å². The molecule has 0 aliphatic rings. The van der Waals surface area contributed by atoms with Gasteiger partial charge in [-0.3, -0.25) is 0 Å². The highest BCUT2D eigenvalue weighted by Gasteiger charge is 2.21. The predicted octanol–water partition coefficient (Wildman–Crippen LogP) is 4.93. The summed E-state index contributed by atoms with van der Waals surface area (Å²) in [6.45, 7) is 7.11. The summed E-state index contributed by atoms with van der Waals surface area (Å²) in [5.74, 6) is 0. The maximum Gasteiger partial charge on any atom is 0.0484 e. The zero-order valence-electron chi connectivity index (χ0n) is 11.7. The maximum absolute atomic E-state index is 9.49. The van der Waals surface area contributed by atoms with Gasteiger partial charge in [-0.15, -0.1) is 0 Å². The first-order valence-corrected chi connectivity index (χ1v) is 7.29. The minimum atomic E-state index is 0.196. The van der Waals surface area contributed by atoms with Gasteiger partial charge in [-0.05, 0) is 18.3 Å². The highest BCUT2D eigenvalue weighted by molar-refractivity contribution is 4.73. The van der Waals surface area contributed by atoms with Crippen LogP contribution in [0.1, 0.15) is 85.0 Å². The molecule has 0 fully saturated rings. The van der Waals surface area contributed by atoms with E-state index in [4.69, 9.17) is 0 Å². The summed E-state index contributed by atoms with van der Waals surface area (Å²) >= 11 is 0. The molecule has 0 aromatic rings. The zero-order chi connectivity index (χ0) is 12.3. The summed E-state index contributed by atoms with van der Waals surface area (Å²) in [4.78, 5) is 0. The molecule has 0 heterocycles. The van der Waals surface area contributed by atoms with Crippen molar-refractivity contribution >= 4 is 0 Å². The number of aliphatic hydroxyl groups is 1. The molecule has 1 heteroatoms. The quantitative estimate of drug-likeness (QED) is 0.497. The van der Waals surface area contributed by atoms with E-state index in [1.807, 2.05) is 0 Å². The van der Waals surface area contributed by atoms with Crippen molar-refractivity contribution in [1.29, 1.82) is 0 Å². The average molecular weight is 228 g/mol. The molecule has 1 unspecified atom stereocenters. The smallest absolute Gasteiger partial charge is 0.0484 e. The summed E-state index contributed by atoms with van der Waals surface area (Å²) < 4.78 is 0. The van der Waals surface area contributed by atoms with E-state index in [0.717, 1.165) is 0 Å². The predicted molar refractivity (Wildman–Crippen MR) is 72.7 cm³/mol. The number of hydrogen-bond acceptors (Lipinski definition) is 1. The molecule has 0 aromatic heterocycles. The summed E-state index contributed by atoms with van der Waals surface area (Å²) in [5, 5.41) is 9.49. The second-order valence-corrected chi connectivity index (χ2v) is 5.59. The Kier molecular flexibility index (Phi) is 10.1. The lowest BCUT2D eigenvalue weighted by atomic mass is 9.80. The van der Waals surface area contributed by atoms with Crippen LogP contribution in [-0.2, 0) is 0 Å². The van der Waals surface area contributed by atoms with Crippen molar-refractivity contribution in [2.75, 3.05) is 6.61 Å². The number of aliphatic hydroxyl groups excluding tert-OH is 1. The Balaban J connectivity index is 3.61. The molecule has 98 valence electrons. The van der Waals surface area contributed by atoms with Crippen LogP contribution in [0.25, 0.3) is 0 Å². The molecule has 0 aliphatic carbocycles. The van der Waals surface area contributed by atoms with E-state index in [1.54, 1.807) is 0 Å². The van der Waals surface area contributed by atoms with E-state index in [-0.39, 0.29) is 5.41 Å². The van der Waals surface area contributed by atoms with Crippen LogP contribution in [0.5, 0.6) is 0 Å². The minimum Gasteiger partial charge on any atom is -0.396 e. The van der Waals surface area contributed by atoms with Gasteiger partial charge in [-0.2, -0.15) is 0 Å². The molecular weight excluding hydrogens is 196 g/mol. The second-order valence-electron chi connectivity index (χ2n) is 5.59. The molecular formula is C15H32O. The summed E-state index contributed by atoms with van der Waals surface area (Å²) in [5.41, 5.74) is 0.196. The standard InChI is InChI=1S/C15H32O/c1-4-6-8-9-11-13-15(3,14-16)12-10-7-5-2/h16H,4-14H2,1-3H3. The Morgan fingerprint density at radius 1 is 0.750 bits per heavy atom. The van der Waals surface area contributed by atoms with Crippen molar-refractivity contribution in [2.45, 2.75) is 85.0 Å². The van der Waals surface area contributed by atoms with Crippen LogP contribution in [-0.4, -0.2) is 11.7 Å². The van der Waals surface area contributed by atoms with Gasteiger partial charge >= 0.3 is 0 Å². The van der Waals surface area contributed by atoms with Crippen molar-refractivity contribution < 1.29 is 5.11 Å². The molecule has 1 nitrogen and oxygen atoms in total. The van der Waals surface area contributed by atoms with Crippen molar-refractivity contribution in [3.8, 4) is 0 Å². The van der Waals surface area contributed by atoms with Gasteiger partial charge in [0.05, 0.1) is 0 Å².